The Bertz CT molecular complexity index is 706. The number of benzene rings is 1. The Hall–Kier alpha value is -2.47. The molecular formula is C14H10ClFN2O3. The Labute approximate surface area is 124 Å². The lowest BCUT2D eigenvalue weighted by Crippen LogP contribution is -2.16. The standard InChI is InChI=1S/C14H10ClFN2O3/c1-21-14(20)9-6-5-8(16)7-11(9)18-13(19)10-3-2-4-12(15)17-10/h2-7H,1H3,(H,18,19). The summed E-state index contributed by atoms with van der Waals surface area (Å²) >= 11 is 5.70. The van der Waals surface area contributed by atoms with Gasteiger partial charge in [0.05, 0.1) is 18.4 Å². The highest BCUT2D eigenvalue weighted by molar-refractivity contribution is 6.29. The van der Waals surface area contributed by atoms with Crippen molar-refractivity contribution in [1.82, 2.24) is 4.98 Å². The van der Waals surface area contributed by atoms with Crippen molar-refractivity contribution in [2.75, 3.05) is 12.4 Å². The van der Waals surface area contributed by atoms with Crippen molar-refractivity contribution in [3.05, 3.63) is 58.6 Å². The smallest absolute Gasteiger partial charge is 0.339 e. The fraction of sp³-hybridized carbons (Fsp3) is 0.0714. The number of nitrogens with one attached hydrogen (secondary N) is 1. The lowest BCUT2D eigenvalue weighted by Gasteiger charge is -2.09. The van der Waals surface area contributed by atoms with E-state index in [1.165, 1.54) is 25.3 Å². The maximum absolute atomic E-state index is 13.3. The molecule has 0 atom stereocenters. The van der Waals surface area contributed by atoms with E-state index in [4.69, 9.17) is 11.6 Å². The van der Waals surface area contributed by atoms with E-state index in [2.05, 4.69) is 15.0 Å². The van der Waals surface area contributed by atoms with Gasteiger partial charge < -0.3 is 10.1 Å². The van der Waals surface area contributed by atoms with Gasteiger partial charge in [0, 0.05) is 0 Å². The van der Waals surface area contributed by atoms with Crippen molar-refractivity contribution >= 4 is 29.2 Å². The molecule has 0 bridgehead atoms. The second-order valence-corrected chi connectivity index (χ2v) is 4.37. The fourth-order valence-electron chi connectivity index (χ4n) is 1.63. The third kappa shape index (κ3) is 3.55. The minimum Gasteiger partial charge on any atom is -0.465 e. The minimum atomic E-state index is -0.690. The molecule has 1 heterocycles. The van der Waals surface area contributed by atoms with Gasteiger partial charge in [-0.3, -0.25) is 4.79 Å². The van der Waals surface area contributed by atoms with Crippen molar-refractivity contribution in [2.45, 2.75) is 0 Å². The average Bonchev–Trinajstić information content (AvgIpc) is 2.46. The third-order valence-electron chi connectivity index (χ3n) is 2.58. The number of carbonyl (C=O) groups is 2. The number of nitrogens with zero attached hydrogens (tertiary/aromatic N) is 1. The molecule has 0 saturated carbocycles. The summed E-state index contributed by atoms with van der Waals surface area (Å²) < 4.78 is 17.9. The van der Waals surface area contributed by atoms with Crippen LogP contribution in [0.15, 0.2) is 36.4 Å². The zero-order valence-electron chi connectivity index (χ0n) is 10.9. The lowest BCUT2D eigenvalue weighted by molar-refractivity contribution is 0.0602. The molecule has 5 nitrogen and oxygen atoms in total. The molecule has 108 valence electrons. The first-order valence-electron chi connectivity index (χ1n) is 5.83. The summed E-state index contributed by atoms with van der Waals surface area (Å²) in [5.41, 5.74) is 0.0745. The molecule has 2 rings (SSSR count). The van der Waals surface area contributed by atoms with Crippen molar-refractivity contribution in [1.29, 1.82) is 0 Å². The Morgan fingerprint density at radius 3 is 2.71 bits per heavy atom. The van der Waals surface area contributed by atoms with Gasteiger partial charge in [-0.1, -0.05) is 17.7 Å². The van der Waals surface area contributed by atoms with Gasteiger partial charge in [0.2, 0.25) is 0 Å². The number of amides is 1. The molecule has 7 heteroatoms. The summed E-state index contributed by atoms with van der Waals surface area (Å²) in [7, 11) is 1.19. The van der Waals surface area contributed by atoms with Crippen LogP contribution in [0, 0.1) is 5.82 Å². The summed E-state index contributed by atoms with van der Waals surface area (Å²) in [6.07, 6.45) is 0. The quantitative estimate of drug-likeness (QED) is 0.699. The number of halogens is 2. The molecule has 2 aromatic rings. The molecule has 0 radical (unpaired) electrons. The molecule has 1 aromatic heterocycles. The molecule has 1 aromatic carbocycles. The third-order valence-corrected chi connectivity index (χ3v) is 2.79. The topological polar surface area (TPSA) is 68.3 Å². The summed E-state index contributed by atoms with van der Waals surface area (Å²) in [5.74, 6) is -1.91. The van der Waals surface area contributed by atoms with Crippen LogP contribution in [-0.4, -0.2) is 24.0 Å². The van der Waals surface area contributed by atoms with E-state index in [1.54, 1.807) is 6.07 Å². The number of anilines is 1. The van der Waals surface area contributed by atoms with E-state index in [9.17, 15) is 14.0 Å². The fourth-order valence-corrected chi connectivity index (χ4v) is 1.79. The van der Waals surface area contributed by atoms with Gasteiger partial charge in [-0.25, -0.2) is 14.2 Å². The van der Waals surface area contributed by atoms with Gasteiger partial charge in [0.25, 0.3) is 5.91 Å². The first-order chi connectivity index (χ1) is 10.0. The predicted octanol–water partition coefficient (Wildman–Crippen LogP) is 2.91. The molecule has 1 N–H and O–H groups in total. The zero-order chi connectivity index (χ0) is 15.4. The van der Waals surface area contributed by atoms with Gasteiger partial charge in [-0.15, -0.1) is 0 Å². The van der Waals surface area contributed by atoms with Crippen molar-refractivity contribution in [3.63, 3.8) is 0 Å². The highest BCUT2D eigenvalue weighted by Gasteiger charge is 2.16. The monoisotopic (exact) mass is 308 g/mol. The summed E-state index contributed by atoms with van der Waals surface area (Å²) in [5, 5.41) is 2.56. The Kier molecular flexibility index (Phi) is 4.49. The van der Waals surface area contributed by atoms with Crippen LogP contribution in [0.25, 0.3) is 0 Å². The number of hydrogen-bond acceptors (Lipinski definition) is 4. The van der Waals surface area contributed by atoms with Crippen LogP contribution >= 0.6 is 11.6 Å². The van der Waals surface area contributed by atoms with Crippen LogP contribution in [0.1, 0.15) is 20.8 Å². The van der Waals surface area contributed by atoms with E-state index in [-0.39, 0.29) is 22.1 Å². The number of esters is 1. The molecule has 0 aliphatic carbocycles. The van der Waals surface area contributed by atoms with Gasteiger partial charge in [0.15, 0.2) is 0 Å². The molecule has 0 aliphatic heterocycles. The van der Waals surface area contributed by atoms with Gasteiger partial charge >= 0.3 is 5.97 Å². The summed E-state index contributed by atoms with van der Waals surface area (Å²) in [6, 6.07) is 7.85. The van der Waals surface area contributed by atoms with Crippen molar-refractivity contribution in [2.24, 2.45) is 0 Å². The summed E-state index contributed by atoms with van der Waals surface area (Å²) in [6.45, 7) is 0. The normalized spacial score (nSPS) is 10.0. The highest BCUT2D eigenvalue weighted by atomic mass is 35.5. The Balaban J connectivity index is 2.32. The first-order valence-corrected chi connectivity index (χ1v) is 6.21. The second-order valence-electron chi connectivity index (χ2n) is 3.98. The number of aromatic nitrogens is 1. The zero-order valence-corrected chi connectivity index (χ0v) is 11.6. The van der Waals surface area contributed by atoms with Crippen LogP contribution in [0.3, 0.4) is 0 Å². The molecule has 0 spiro atoms. The molecule has 1 amide bonds. The molecule has 21 heavy (non-hydrogen) atoms. The number of rotatable bonds is 3. The molecular weight excluding hydrogens is 299 g/mol. The number of ether oxygens (including phenoxy) is 1. The second kappa shape index (κ2) is 6.32. The van der Waals surface area contributed by atoms with E-state index in [1.807, 2.05) is 0 Å². The largest absolute Gasteiger partial charge is 0.465 e. The molecule has 0 fully saturated rings. The number of methoxy groups -OCH3 is 1. The van der Waals surface area contributed by atoms with Crippen LogP contribution in [0.2, 0.25) is 5.15 Å². The van der Waals surface area contributed by atoms with Crippen LogP contribution in [0.5, 0.6) is 0 Å². The SMILES string of the molecule is COC(=O)c1ccc(F)cc1NC(=O)c1cccc(Cl)n1. The van der Waals surface area contributed by atoms with Crippen LogP contribution in [0.4, 0.5) is 10.1 Å². The van der Waals surface area contributed by atoms with Gasteiger partial charge in [-0.2, -0.15) is 0 Å². The number of carbonyl (C=O) groups excluding carboxylic acids is 2. The number of pyridine rings is 1. The van der Waals surface area contributed by atoms with Gasteiger partial charge in [-0.05, 0) is 30.3 Å². The Morgan fingerprint density at radius 2 is 2.05 bits per heavy atom. The van der Waals surface area contributed by atoms with E-state index >= 15 is 0 Å². The molecule has 0 aliphatic rings. The van der Waals surface area contributed by atoms with Crippen molar-refractivity contribution < 1.29 is 18.7 Å². The molecule has 0 saturated heterocycles. The number of hydrogen-bond donors (Lipinski definition) is 1. The maximum Gasteiger partial charge on any atom is 0.339 e. The summed E-state index contributed by atoms with van der Waals surface area (Å²) in [4.78, 5) is 27.4. The van der Waals surface area contributed by atoms with Crippen molar-refractivity contribution in [3.8, 4) is 0 Å². The Morgan fingerprint density at radius 1 is 1.29 bits per heavy atom. The first kappa shape index (κ1) is 14.9. The molecule has 0 unspecified atom stereocenters. The van der Waals surface area contributed by atoms with E-state index in [0.29, 0.717) is 0 Å². The minimum absolute atomic E-state index is 0.00590. The van der Waals surface area contributed by atoms with Gasteiger partial charge in [0.1, 0.15) is 16.7 Å². The predicted molar refractivity (Wildman–Crippen MR) is 74.9 cm³/mol. The van der Waals surface area contributed by atoms with Crippen LogP contribution < -0.4 is 5.32 Å². The highest BCUT2D eigenvalue weighted by Crippen LogP contribution is 2.19. The van der Waals surface area contributed by atoms with E-state index < -0.39 is 17.7 Å². The lowest BCUT2D eigenvalue weighted by atomic mass is 10.1. The maximum atomic E-state index is 13.3. The van der Waals surface area contributed by atoms with Crippen LogP contribution in [-0.2, 0) is 4.74 Å². The average molecular weight is 309 g/mol. The van der Waals surface area contributed by atoms with E-state index in [0.717, 1.165) is 12.1 Å².